The Morgan fingerprint density at radius 1 is 1.38 bits per heavy atom. The van der Waals surface area contributed by atoms with Gasteiger partial charge in [-0.1, -0.05) is 17.7 Å². The molecule has 21 heavy (non-hydrogen) atoms. The lowest BCUT2D eigenvalue weighted by molar-refractivity contribution is 0.0940. The van der Waals surface area contributed by atoms with Gasteiger partial charge in [0, 0.05) is 5.69 Å². The van der Waals surface area contributed by atoms with Crippen LogP contribution in [0, 0.1) is 6.92 Å². The third-order valence-electron chi connectivity index (χ3n) is 3.52. The molecule has 1 atom stereocenters. The number of carbonyl (C=O) groups excluding carboxylic acids is 1. The van der Waals surface area contributed by atoms with Crippen LogP contribution in [0.3, 0.4) is 0 Å². The Hall–Kier alpha value is -1.66. The lowest BCUT2D eigenvalue weighted by atomic mass is 10.1. The first-order valence-electron chi connectivity index (χ1n) is 6.23. The van der Waals surface area contributed by atoms with E-state index in [2.05, 4.69) is 26.2 Å². The van der Waals surface area contributed by atoms with Crippen molar-refractivity contribution in [2.75, 3.05) is 0 Å². The number of nitrogens with one attached hydrogen (secondary N) is 1. The van der Waals surface area contributed by atoms with Crippen molar-refractivity contribution in [2.24, 2.45) is 0 Å². The number of aromatic nitrogens is 2. The summed E-state index contributed by atoms with van der Waals surface area (Å²) >= 11 is 9.30. The molecule has 2 aromatic rings. The summed E-state index contributed by atoms with van der Waals surface area (Å²) in [5, 5.41) is 3.02. The summed E-state index contributed by atoms with van der Waals surface area (Å²) in [4.78, 5) is 29.1. The van der Waals surface area contributed by atoms with Crippen LogP contribution in [0.1, 0.15) is 28.8 Å². The molecule has 1 unspecified atom stereocenters. The number of pyridine rings is 2. The van der Waals surface area contributed by atoms with Crippen molar-refractivity contribution in [3.63, 3.8) is 0 Å². The summed E-state index contributed by atoms with van der Waals surface area (Å²) in [5.41, 5.74) is 0.119. The van der Waals surface area contributed by atoms with Gasteiger partial charge in [0.05, 0.1) is 15.2 Å². The van der Waals surface area contributed by atoms with Crippen LogP contribution in [-0.4, -0.2) is 15.5 Å². The van der Waals surface area contributed by atoms with Crippen molar-refractivity contribution >= 4 is 33.4 Å². The monoisotopic (exact) mass is 367 g/mol. The minimum Gasteiger partial charge on any atom is -0.323 e. The molecule has 0 saturated heterocycles. The van der Waals surface area contributed by atoms with Crippen LogP contribution in [-0.2, 0) is 5.66 Å². The second kappa shape index (κ2) is 4.68. The topological polar surface area (TPSA) is 64.0 Å². The Labute approximate surface area is 134 Å². The van der Waals surface area contributed by atoms with E-state index in [4.69, 9.17) is 11.6 Å². The van der Waals surface area contributed by atoms with Crippen molar-refractivity contribution in [3.8, 4) is 0 Å². The summed E-state index contributed by atoms with van der Waals surface area (Å²) in [6.45, 7) is 3.58. The van der Waals surface area contributed by atoms with Crippen LogP contribution in [0.5, 0.6) is 0 Å². The highest BCUT2D eigenvalue weighted by Gasteiger charge is 2.43. The molecule has 2 aromatic heterocycles. The van der Waals surface area contributed by atoms with Crippen molar-refractivity contribution in [1.82, 2.24) is 14.9 Å². The van der Waals surface area contributed by atoms with E-state index >= 15 is 0 Å². The SMILES string of the molecule is Cc1cccc(C2(C)NC(=O)c3c(Cl)cc(Br)c(=O)n32)n1. The zero-order chi connectivity index (χ0) is 15.4. The summed E-state index contributed by atoms with van der Waals surface area (Å²) in [6, 6.07) is 6.88. The van der Waals surface area contributed by atoms with Gasteiger partial charge < -0.3 is 5.32 Å². The molecule has 3 heterocycles. The van der Waals surface area contributed by atoms with Crippen molar-refractivity contribution in [2.45, 2.75) is 19.5 Å². The van der Waals surface area contributed by atoms with Gasteiger partial charge in [-0.3, -0.25) is 19.1 Å². The first-order chi connectivity index (χ1) is 9.84. The number of amides is 1. The van der Waals surface area contributed by atoms with Gasteiger partial charge in [-0.05, 0) is 48.0 Å². The predicted molar refractivity (Wildman–Crippen MR) is 82.6 cm³/mol. The number of halogens is 2. The van der Waals surface area contributed by atoms with Gasteiger partial charge >= 0.3 is 0 Å². The van der Waals surface area contributed by atoms with Gasteiger partial charge in [-0.2, -0.15) is 0 Å². The molecular weight excluding hydrogens is 358 g/mol. The van der Waals surface area contributed by atoms with Gasteiger partial charge in [0.2, 0.25) is 0 Å². The van der Waals surface area contributed by atoms with Gasteiger partial charge in [0.15, 0.2) is 5.66 Å². The van der Waals surface area contributed by atoms with Crippen LogP contribution < -0.4 is 10.9 Å². The van der Waals surface area contributed by atoms with Crippen molar-refractivity contribution in [3.05, 3.63) is 61.2 Å². The van der Waals surface area contributed by atoms with Crippen LogP contribution in [0.15, 0.2) is 33.5 Å². The van der Waals surface area contributed by atoms with Gasteiger partial charge in [0.1, 0.15) is 5.69 Å². The normalized spacial score (nSPS) is 20.3. The van der Waals surface area contributed by atoms with Crippen LogP contribution in [0.25, 0.3) is 0 Å². The number of carbonyl (C=O) groups is 1. The number of fused-ring (bicyclic) bond motifs is 1. The molecule has 0 saturated carbocycles. The van der Waals surface area contributed by atoms with Crippen LogP contribution >= 0.6 is 27.5 Å². The molecule has 1 N–H and O–H groups in total. The summed E-state index contributed by atoms with van der Waals surface area (Å²) < 4.78 is 1.65. The molecule has 0 aromatic carbocycles. The molecule has 1 amide bonds. The second-order valence-electron chi connectivity index (χ2n) is 5.02. The predicted octanol–water partition coefficient (Wildman–Crippen LogP) is 2.43. The molecule has 5 nitrogen and oxygen atoms in total. The molecular formula is C14H11BrClN3O2. The van der Waals surface area contributed by atoms with Crippen LogP contribution in [0.2, 0.25) is 5.02 Å². The van der Waals surface area contributed by atoms with Crippen molar-refractivity contribution in [1.29, 1.82) is 0 Å². The van der Waals surface area contributed by atoms with E-state index in [-0.39, 0.29) is 16.3 Å². The number of nitrogens with zero attached hydrogens (tertiary/aromatic N) is 2. The summed E-state index contributed by atoms with van der Waals surface area (Å²) in [7, 11) is 0. The zero-order valence-corrected chi connectivity index (χ0v) is 13.6. The molecule has 0 radical (unpaired) electrons. The largest absolute Gasteiger partial charge is 0.323 e. The quantitative estimate of drug-likeness (QED) is 0.841. The highest BCUT2D eigenvalue weighted by Crippen LogP contribution is 2.32. The van der Waals surface area contributed by atoms with E-state index < -0.39 is 11.6 Å². The average Bonchev–Trinajstić information content (AvgIpc) is 2.69. The third kappa shape index (κ3) is 2.01. The van der Waals surface area contributed by atoms with Gasteiger partial charge in [-0.25, -0.2) is 0 Å². The fourth-order valence-corrected chi connectivity index (χ4v) is 3.34. The number of aryl methyl sites for hydroxylation is 1. The molecule has 108 valence electrons. The first kappa shape index (κ1) is 14.3. The minimum absolute atomic E-state index is 0.149. The Morgan fingerprint density at radius 3 is 2.76 bits per heavy atom. The molecule has 0 aliphatic carbocycles. The van der Waals surface area contributed by atoms with E-state index in [1.54, 1.807) is 13.0 Å². The summed E-state index contributed by atoms with van der Waals surface area (Å²) in [5.74, 6) is -0.393. The van der Waals surface area contributed by atoms with E-state index in [0.29, 0.717) is 10.2 Å². The fourth-order valence-electron chi connectivity index (χ4n) is 2.52. The van der Waals surface area contributed by atoms with E-state index in [1.165, 1.54) is 10.6 Å². The highest BCUT2D eigenvalue weighted by atomic mass is 79.9. The maximum absolute atomic E-state index is 12.5. The number of rotatable bonds is 1. The van der Waals surface area contributed by atoms with E-state index in [9.17, 15) is 9.59 Å². The second-order valence-corrected chi connectivity index (χ2v) is 6.28. The maximum Gasteiger partial charge on any atom is 0.271 e. The lowest BCUT2D eigenvalue weighted by Crippen LogP contribution is -2.46. The van der Waals surface area contributed by atoms with Gasteiger partial charge in [-0.15, -0.1) is 0 Å². The fraction of sp³-hybridized carbons (Fsp3) is 0.214. The molecule has 7 heteroatoms. The van der Waals surface area contributed by atoms with E-state index in [0.717, 1.165) is 5.69 Å². The number of hydrogen-bond donors (Lipinski definition) is 1. The van der Waals surface area contributed by atoms with E-state index in [1.807, 2.05) is 19.1 Å². The maximum atomic E-state index is 12.5. The Kier molecular flexibility index (Phi) is 3.18. The molecule has 3 rings (SSSR count). The highest BCUT2D eigenvalue weighted by molar-refractivity contribution is 9.10. The minimum atomic E-state index is -1.07. The first-order valence-corrected chi connectivity index (χ1v) is 7.40. The third-order valence-corrected chi connectivity index (χ3v) is 4.37. The molecule has 0 fully saturated rings. The van der Waals surface area contributed by atoms with Crippen molar-refractivity contribution < 1.29 is 4.79 Å². The lowest BCUT2D eigenvalue weighted by Gasteiger charge is -2.26. The average molecular weight is 369 g/mol. The molecule has 1 aliphatic heterocycles. The number of hydrogen-bond acceptors (Lipinski definition) is 3. The Morgan fingerprint density at radius 2 is 2.10 bits per heavy atom. The molecule has 1 aliphatic rings. The standard InChI is InChI=1S/C14H11BrClN3O2/c1-7-4-3-5-10(17-7)14(2)18-12(20)11-9(16)6-8(15)13(21)19(11)14/h3-6H,1-2H3,(H,18,20). The van der Waals surface area contributed by atoms with Gasteiger partial charge in [0.25, 0.3) is 11.5 Å². The molecule has 0 spiro atoms. The Bertz CT molecular complexity index is 833. The van der Waals surface area contributed by atoms with Crippen LogP contribution in [0.4, 0.5) is 0 Å². The molecule has 0 bridgehead atoms. The summed E-state index contributed by atoms with van der Waals surface area (Å²) in [6.07, 6.45) is 0. The Balaban J connectivity index is 2.36. The smallest absolute Gasteiger partial charge is 0.271 e. The zero-order valence-electron chi connectivity index (χ0n) is 11.3.